The van der Waals surface area contributed by atoms with Crippen LogP contribution in [0, 0.1) is 0 Å². The van der Waals surface area contributed by atoms with E-state index in [0.717, 1.165) is 0 Å². The first kappa shape index (κ1) is 308. The van der Waals surface area contributed by atoms with Crippen molar-refractivity contribution in [3.8, 4) is 0 Å². The van der Waals surface area contributed by atoms with E-state index in [2.05, 4.69) is 0 Å². The molecule has 0 spiro atoms. The van der Waals surface area contributed by atoms with Crippen molar-refractivity contribution < 1.29 is 56.0 Å². The van der Waals surface area contributed by atoms with Gasteiger partial charge in [-0.05, 0) is 0 Å². The van der Waals surface area contributed by atoms with Crippen LogP contribution in [0.5, 0.6) is 0 Å². The third kappa shape index (κ3) is 95.0. The predicted molar refractivity (Wildman–Crippen MR) is 2.75 cm³/mol. The summed E-state index contributed by atoms with van der Waals surface area (Å²) in [6.45, 7) is 0. The second-order valence-corrected chi connectivity index (χ2v) is 0. The molecule has 0 saturated heterocycles. The average molecular weight is 175 g/mol. The van der Waals surface area contributed by atoms with Crippen LogP contribution in [-0.4, -0.2) is 0 Å². The van der Waals surface area contributed by atoms with Gasteiger partial charge >= 0.3 is 39.6 Å². The second-order valence-electron chi connectivity index (χ2n) is 0. The first-order valence-electron chi connectivity index (χ1n) is 0. The standard InChI is InChI=1S/Fe.Mn.4O/q2*+2;3*-2;+2. The van der Waals surface area contributed by atoms with E-state index in [1.807, 2.05) is 0 Å². The Morgan fingerprint density at radius 3 is 0.667 bits per heavy atom. The van der Waals surface area contributed by atoms with Crippen LogP contribution in [-0.2, 0) is 56.0 Å². The van der Waals surface area contributed by atoms with E-state index in [1.165, 1.54) is 0 Å². The molecule has 0 rings (SSSR count). The Balaban J connectivity index is 0. The fourth-order valence-corrected chi connectivity index (χ4v) is 0. The molecule has 0 aromatic heterocycles. The van der Waals surface area contributed by atoms with Gasteiger partial charge < -0.3 is 16.4 Å². The molecule has 0 fully saturated rings. The molecule has 0 bridgehead atoms. The number of hydrogen-bond acceptors (Lipinski definition) is 0. The third-order valence-electron chi connectivity index (χ3n) is 0. The van der Waals surface area contributed by atoms with E-state index in [4.69, 9.17) is 0 Å². The summed E-state index contributed by atoms with van der Waals surface area (Å²) in [5, 5.41) is 0. The molecular weight excluding hydrogens is 175 g/mol. The normalized spacial score (nSPS) is 0. The molecule has 39 valence electrons. The molecular formula is FeMnO4. The zero-order chi connectivity index (χ0) is 0. The van der Waals surface area contributed by atoms with Crippen LogP contribution >= 0.6 is 0 Å². The molecule has 0 aliphatic heterocycles. The molecule has 0 heterocycles. The number of rotatable bonds is 0. The first-order chi connectivity index (χ1) is 0. The monoisotopic (exact) mass is 175 g/mol. The Hall–Kier alpha value is 0.879. The van der Waals surface area contributed by atoms with Crippen LogP contribution in [0.2, 0.25) is 0 Å². The summed E-state index contributed by atoms with van der Waals surface area (Å²) in [5.41, 5.74) is 0. The first-order valence-corrected chi connectivity index (χ1v) is 0. The molecule has 0 saturated carbocycles. The van der Waals surface area contributed by atoms with Gasteiger partial charge in [0.15, 0.2) is 0 Å². The largest absolute Gasteiger partial charge is 2.00 e. The van der Waals surface area contributed by atoms with Crippen LogP contribution in [0.25, 0.3) is 0 Å². The average Bonchev–Trinajstić information content (AvgIpc) is 0. The second kappa shape index (κ2) is 181. The molecule has 0 aromatic carbocycles. The number of hydrogen-bond donors (Lipinski definition) is 0. The van der Waals surface area contributed by atoms with Crippen LogP contribution in [0.1, 0.15) is 0 Å². The Bertz CT molecular complexity index is 7.51. The molecule has 6 heavy (non-hydrogen) atoms. The fraction of sp³-hybridized carbons (Fsp3) is 0. The van der Waals surface area contributed by atoms with Crippen molar-refractivity contribution in [2.75, 3.05) is 0 Å². The molecule has 0 aliphatic carbocycles. The fourth-order valence-electron chi connectivity index (χ4n) is 0. The quantitative estimate of drug-likeness (QED) is 0.442. The Morgan fingerprint density at radius 2 is 0.667 bits per heavy atom. The van der Waals surface area contributed by atoms with Gasteiger partial charge in [-0.2, -0.15) is 0 Å². The van der Waals surface area contributed by atoms with Crippen LogP contribution in [0.3, 0.4) is 0 Å². The van der Waals surface area contributed by atoms with Crippen LogP contribution in [0.4, 0.5) is 0 Å². The van der Waals surface area contributed by atoms with E-state index in [-0.39, 0.29) is 56.0 Å². The van der Waals surface area contributed by atoms with Crippen LogP contribution in [0.15, 0.2) is 0 Å². The van der Waals surface area contributed by atoms with Crippen molar-refractivity contribution in [1.29, 1.82) is 0 Å². The van der Waals surface area contributed by atoms with E-state index in [9.17, 15) is 0 Å². The van der Waals surface area contributed by atoms with E-state index in [0.29, 0.717) is 0 Å². The maximum absolute atomic E-state index is 0. The van der Waals surface area contributed by atoms with Gasteiger partial charge in [-0.15, -0.1) is 0 Å². The molecule has 5 radical (unpaired) electrons. The van der Waals surface area contributed by atoms with Gasteiger partial charge in [-0.25, -0.2) is 0 Å². The topological polar surface area (TPSA) is 114 Å². The Morgan fingerprint density at radius 1 is 0.667 bits per heavy atom. The molecule has 0 aliphatic rings. The van der Waals surface area contributed by atoms with Gasteiger partial charge in [0, 0.05) is 0 Å². The Labute approximate surface area is 56.5 Å². The molecule has 0 aromatic rings. The predicted octanol–water partition coefficient (Wildman–Crippen LogP) is -0.480. The van der Waals surface area contributed by atoms with Gasteiger partial charge in [0.2, 0.25) is 0 Å². The van der Waals surface area contributed by atoms with Crippen molar-refractivity contribution in [1.82, 2.24) is 0 Å². The van der Waals surface area contributed by atoms with Crippen molar-refractivity contribution in [3.05, 3.63) is 0 Å². The van der Waals surface area contributed by atoms with Crippen molar-refractivity contribution >= 4 is 0 Å². The zero-order valence-corrected chi connectivity index (χ0v) is 4.65. The minimum absolute atomic E-state index is 0. The van der Waals surface area contributed by atoms with E-state index >= 15 is 0 Å². The maximum Gasteiger partial charge on any atom is 2.00 e. The summed E-state index contributed by atoms with van der Waals surface area (Å²) < 4.78 is 0. The van der Waals surface area contributed by atoms with Gasteiger partial charge in [0.1, 0.15) is 0 Å². The molecule has 0 amide bonds. The SMILES string of the molecule is [Fe+2].[Mn+2].[O+2].[O-2].[O-2].[O-2]. The van der Waals surface area contributed by atoms with E-state index < -0.39 is 0 Å². The minimum atomic E-state index is 0. The summed E-state index contributed by atoms with van der Waals surface area (Å²) >= 11 is 0. The van der Waals surface area contributed by atoms with E-state index in [1.54, 1.807) is 0 Å². The van der Waals surface area contributed by atoms with Crippen LogP contribution < -0.4 is 0 Å². The maximum atomic E-state index is 0. The van der Waals surface area contributed by atoms with Gasteiger partial charge in [-0.1, -0.05) is 0 Å². The Kier molecular flexibility index (Phi) is 9290. The molecule has 0 atom stereocenters. The summed E-state index contributed by atoms with van der Waals surface area (Å²) in [6, 6.07) is 0. The third-order valence-corrected chi connectivity index (χ3v) is 0. The molecule has 0 unspecified atom stereocenters. The smallest absolute Gasteiger partial charge is 2.00 e. The summed E-state index contributed by atoms with van der Waals surface area (Å²) in [5.74, 6) is 0. The summed E-state index contributed by atoms with van der Waals surface area (Å²) in [4.78, 5) is 0. The van der Waals surface area contributed by atoms with Crippen molar-refractivity contribution in [2.45, 2.75) is 0 Å². The van der Waals surface area contributed by atoms with Gasteiger partial charge in [0.05, 0.1) is 0 Å². The minimum Gasteiger partial charge on any atom is -2.00 e. The zero-order valence-electron chi connectivity index (χ0n) is 2.36. The summed E-state index contributed by atoms with van der Waals surface area (Å²) in [7, 11) is 0. The molecule has 6 heteroatoms. The van der Waals surface area contributed by atoms with Gasteiger partial charge in [-0.3, -0.25) is 0 Å². The summed E-state index contributed by atoms with van der Waals surface area (Å²) in [6.07, 6.45) is 0. The molecule has 4 nitrogen and oxygen atoms in total. The molecule has 0 N–H and O–H groups in total. The van der Waals surface area contributed by atoms with Crippen molar-refractivity contribution in [2.24, 2.45) is 0 Å². The van der Waals surface area contributed by atoms with Crippen molar-refractivity contribution in [3.63, 3.8) is 0 Å². The van der Waals surface area contributed by atoms with Gasteiger partial charge in [0.25, 0.3) is 0 Å².